The minimum atomic E-state index is -4.74. The summed E-state index contributed by atoms with van der Waals surface area (Å²) in [5.41, 5.74) is 5.69. The molecule has 5 aromatic rings. The van der Waals surface area contributed by atoms with Crippen LogP contribution >= 0.6 is 11.3 Å². The fraction of sp³-hybridized carbons (Fsp3) is 0.250. The third-order valence-electron chi connectivity index (χ3n) is 6.83. The number of aromatic nitrogens is 4. The van der Waals surface area contributed by atoms with Crippen molar-refractivity contribution in [2.24, 2.45) is 4.99 Å². The Balaban J connectivity index is 1.15. The summed E-state index contributed by atoms with van der Waals surface area (Å²) in [6.45, 7) is 6.79. The lowest BCUT2D eigenvalue weighted by atomic mass is 10.0. The minimum absolute atomic E-state index is 0.305. The monoisotopic (exact) mass is 620 g/mol. The van der Waals surface area contributed by atoms with Gasteiger partial charge in [-0.1, -0.05) is 56.3 Å². The highest BCUT2D eigenvalue weighted by atomic mass is 32.1. The number of nitrogens with one attached hydrogen (secondary N) is 1. The molecule has 0 bridgehead atoms. The van der Waals surface area contributed by atoms with Crippen LogP contribution in [0.25, 0.3) is 22.8 Å². The normalized spacial score (nSPS) is 12.1. The number of alkyl halides is 3. The van der Waals surface area contributed by atoms with Crippen LogP contribution in [0, 0.1) is 6.92 Å². The second kappa shape index (κ2) is 13.3. The smallest absolute Gasteiger partial charge is 0.406 e. The van der Waals surface area contributed by atoms with E-state index in [1.165, 1.54) is 52.2 Å². The highest BCUT2D eigenvalue weighted by Gasteiger charge is 2.31. The summed E-state index contributed by atoms with van der Waals surface area (Å²) in [4.78, 5) is 22.0. The maximum atomic E-state index is 12.7. The van der Waals surface area contributed by atoms with Crippen molar-refractivity contribution in [3.63, 3.8) is 0 Å². The average Bonchev–Trinajstić information content (AvgIpc) is 3.62. The summed E-state index contributed by atoms with van der Waals surface area (Å²) in [6.07, 6.45) is -1.75. The first-order valence-electron chi connectivity index (χ1n) is 14.0. The lowest BCUT2D eigenvalue weighted by Crippen LogP contribution is -2.26. The van der Waals surface area contributed by atoms with Crippen molar-refractivity contribution in [1.82, 2.24) is 24.6 Å². The van der Waals surface area contributed by atoms with Gasteiger partial charge in [0.25, 0.3) is 0 Å². The van der Waals surface area contributed by atoms with Crippen molar-refractivity contribution in [3.05, 3.63) is 106 Å². The van der Waals surface area contributed by atoms with Crippen molar-refractivity contribution in [2.45, 2.75) is 45.9 Å². The number of amides is 2. The number of hydrogen-bond acceptors (Lipinski definition) is 5. The lowest BCUT2D eigenvalue weighted by Gasteiger charge is -2.14. The van der Waals surface area contributed by atoms with Gasteiger partial charge in [-0.25, -0.2) is 14.5 Å². The number of carbonyl (C=O) groups excluding carboxylic acids is 1. The number of urea groups is 1. The van der Waals surface area contributed by atoms with Gasteiger partial charge in [0, 0.05) is 23.2 Å². The highest BCUT2D eigenvalue weighted by molar-refractivity contribution is 7.07. The van der Waals surface area contributed by atoms with E-state index >= 15 is 0 Å². The molecule has 0 aliphatic carbocycles. The van der Waals surface area contributed by atoms with Gasteiger partial charge in [-0.3, -0.25) is 4.57 Å². The van der Waals surface area contributed by atoms with Crippen LogP contribution < -0.4 is 14.9 Å². The molecule has 0 aliphatic rings. The lowest BCUT2D eigenvalue weighted by molar-refractivity contribution is -0.274. The van der Waals surface area contributed by atoms with Gasteiger partial charge >= 0.3 is 12.4 Å². The van der Waals surface area contributed by atoms with Crippen molar-refractivity contribution in [1.29, 1.82) is 0 Å². The molecule has 0 atom stereocenters. The standard InChI is InChI=1S/C32H31F3N6O2S/c1-21(2)27-8-4-5-9-28(27)41-22(3)19-44-31(41)38-30(42)36-18-6-7-23-10-12-24(13-11-23)29-37-20-40(39-29)25-14-16-26(17-15-25)43-32(33,34)35/h4-5,8-17,19-21H,6-7,18H2,1-3H3,(H,36,42). The molecule has 0 fully saturated rings. The van der Waals surface area contributed by atoms with E-state index in [-0.39, 0.29) is 11.8 Å². The quantitative estimate of drug-likeness (QED) is 0.175. The molecule has 44 heavy (non-hydrogen) atoms. The van der Waals surface area contributed by atoms with Gasteiger partial charge in [-0.15, -0.1) is 29.6 Å². The van der Waals surface area contributed by atoms with Crippen LogP contribution in [0.2, 0.25) is 0 Å². The molecular formula is C32H31F3N6O2S. The van der Waals surface area contributed by atoms with Gasteiger partial charge in [0.15, 0.2) is 10.6 Å². The number of aryl methyl sites for hydroxylation is 2. The molecule has 1 N–H and O–H groups in total. The first kappa shape index (κ1) is 30.7. The Hall–Kier alpha value is -4.71. The van der Waals surface area contributed by atoms with E-state index in [9.17, 15) is 18.0 Å². The van der Waals surface area contributed by atoms with E-state index in [1.54, 1.807) is 0 Å². The van der Waals surface area contributed by atoms with Gasteiger partial charge in [0.2, 0.25) is 0 Å². The first-order valence-corrected chi connectivity index (χ1v) is 14.9. The predicted molar refractivity (Wildman–Crippen MR) is 163 cm³/mol. The van der Waals surface area contributed by atoms with Gasteiger partial charge in [-0.05, 0) is 67.1 Å². The third kappa shape index (κ3) is 7.62. The Labute approximate surface area is 256 Å². The zero-order chi connectivity index (χ0) is 31.3. The number of ether oxygens (including phenoxy) is 1. The molecule has 2 heterocycles. The number of nitrogens with zero attached hydrogens (tertiary/aromatic N) is 5. The Kier molecular flexibility index (Phi) is 9.29. The summed E-state index contributed by atoms with van der Waals surface area (Å²) in [5.74, 6) is 0.511. The Bertz CT molecular complexity index is 1790. The number of rotatable bonds is 9. The number of para-hydroxylation sites is 1. The predicted octanol–water partition coefficient (Wildman–Crippen LogP) is 7.36. The zero-order valence-electron chi connectivity index (χ0n) is 24.4. The molecule has 2 amide bonds. The molecule has 0 unspecified atom stereocenters. The molecule has 228 valence electrons. The van der Waals surface area contributed by atoms with Crippen molar-refractivity contribution in [2.75, 3.05) is 6.54 Å². The Morgan fingerprint density at radius 2 is 1.77 bits per heavy atom. The van der Waals surface area contributed by atoms with Crippen LogP contribution in [-0.2, 0) is 6.42 Å². The van der Waals surface area contributed by atoms with Gasteiger partial charge in [0.05, 0.1) is 11.4 Å². The van der Waals surface area contributed by atoms with E-state index in [0.717, 1.165) is 35.3 Å². The molecule has 8 nitrogen and oxygen atoms in total. The summed E-state index contributed by atoms with van der Waals surface area (Å²) >= 11 is 1.44. The second-order valence-electron chi connectivity index (χ2n) is 10.4. The minimum Gasteiger partial charge on any atom is -0.406 e. The second-order valence-corrected chi connectivity index (χ2v) is 11.2. The van der Waals surface area contributed by atoms with Gasteiger partial charge in [-0.2, -0.15) is 4.99 Å². The SMILES string of the molecule is Cc1csc(=NC(=O)NCCCc2ccc(-c3ncn(-c4ccc(OC(F)(F)F)cc4)n3)cc2)n1-c1ccccc1C(C)C. The number of carbonyl (C=O) groups is 1. The van der Waals surface area contributed by atoms with Gasteiger partial charge < -0.3 is 10.1 Å². The molecule has 5 rings (SSSR count). The van der Waals surface area contributed by atoms with Crippen molar-refractivity contribution in [3.8, 4) is 28.5 Å². The van der Waals surface area contributed by atoms with E-state index in [0.29, 0.717) is 28.8 Å². The topological polar surface area (TPSA) is 86.3 Å². The van der Waals surface area contributed by atoms with Crippen LogP contribution in [0.5, 0.6) is 5.75 Å². The van der Waals surface area contributed by atoms with Gasteiger partial charge in [0.1, 0.15) is 12.1 Å². The number of thiazole rings is 1. The fourth-order valence-corrected chi connectivity index (χ4v) is 5.56. The molecule has 3 aromatic carbocycles. The largest absolute Gasteiger partial charge is 0.573 e. The van der Waals surface area contributed by atoms with E-state index in [2.05, 4.69) is 51.1 Å². The van der Waals surface area contributed by atoms with E-state index in [1.807, 2.05) is 53.3 Å². The fourth-order valence-electron chi connectivity index (χ4n) is 4.70. The van der Waals surface area contributed by atoms with Crippen LogP contribution in [0.15, 0.2) is 89.5 Å². The Morgan fingerprint density at radius 1 is 1.05 bits per heavy atom. The van der Waals surface area contributed by atoms with Crippen LogP contribution in [0.1, 0.15) is 43.0 Å². The van der Waals surface area contributed by atoms with Crippen molar-refractivity contribution < 1.29 is 22.7 Å². The van der Waals surface area contributed by atoms with Crippen LogP contribution in [0.3, 0.4) is 0 Å². The molecule has 0 aliphatic heterocycles. The summed E-state index contributed by atoms with van der Waals surface area (Å²) in [6, 6.07) is 21.0. The molecular weight excluding hydrogens is 589 g/mol. The van der Waals surface area contributed by atoms with Crippen LogP contribution in [-0.4, -0.2) is 38.3 Å². The summed E-state index contributed by atoms with van der Waals surface area (Å²) in [7, 11) is 0. The Morgan fingerprint density at radius 3 is 2.48 bits per heavy atom. The molecule has 0 saturated heterocycles. The maximum Gasteiger partial charge on any atom is 0.573 e. The van der Waals surface area contributed by atoms with Crippen LogP contribution in [0.4, 0.5) is 18.0 Å². The number of benzene rings is 3. The van der Waals surface area contributed by atoms with E-state index in [4.69, 9.17) is 0 Å². The molecule has 2 aromatic heterocycles. The van der Waals surface area contributed by atoms with E-state index < -0.39 is 6.36 Å². The molecule has 0 radical (unpaired) electrons. The summed E-state index contributed by atoms with van der Waals surface area (Å²) in [5, 5.41) is 9.34. The third-order valence-corrected chi connectivity index (χ3v) is 7.78. The number of halogens is 3. The summed E-state index contributed by atoms with van der Waals surface area (Å²) < 4.78 is 44.6. The highest BCUT2D eigenvalue weighted by Crippen LogP contribution is 2.25. The zero-order valence-corrected chi connectivity index (χ0v) is 25.2. The first-order chi connectivity index (χ1) is 21.1. The average molecular weight is 621 g/mol. The van der Waals surface area contributed by atoms with Crippen molar-refractivity contribution >= 4 is 17.4 Å². The molecule has 0 spiro atoms. The maximum absolute atomic E-state index is 12.7. The number of hydrogen-bond donors (Lipinski definition) is 1. The molecule has 0 saturated carbocycles. The molecule has 12 heteroatoms.